The number of amides is 4. The Kier molecular flexibility index (Phi) is 5.96. The summed E-state index contributed by atoms with van der Waals surface area (Å²) in [6.07, 6.45) is 3.59. The Labute approximate surface area is 175 Å². The van der Waals surface area contributed by atoms with Crippen molar-refractivity contribution in [1.29, 1.82) is 0 Å². The highest BCUT2D eigenvalue weighted by Crippen LogP contribution is 2.33. The van der Waals surface area contributed by atoms with Crippen molar-refractivity contribution in [3.05, 3.63) is 18.2 Å². The first-order chi connectivity index (χ1) is 14.6. The number of piperazine rings is 1. The summed E-state index contributed by atoms with van der Waals surface area (Å²) in [4.78, 5) is 39.9. The van der Waals surface area contributed by atoms with Crippen LogP contribution in [-0.2, 0) is 9.59 Å². The topological polar surface area (TPSA) is 109 Å². The maximum Gasteiger partial charge on any atom is 0.318 e. The van der Waals surface area contributed by atoms with Gasteiger partial charge < -0.3 is 30.3 Å². The molecular formula is C21H28N4O5. The molecule has 2 heterocycles. The van der Waals surface area contributed by atoms with Crippen molar-refractivity contribution in [3.63, 3.8) is 0 Å². The van der Waals surface area contributed by atoms with Gasteiger partial charge in [-0.15, -0.1) is 0 Å². The standard InChI is InChI=1S/C21H28N4O5/c1-2-22-21(28)25-15-6-4-3-5-14(15)24-20(27)16(25)12-19(26)23-13-7-8-17-18(11-13)30-10-9-29-17/h7-8,11,14-16H,2-6,9-10,12H2,1H3,(H,22,28)(H,23,26)(H,24,27)/t14-,15-,16+/m0/s1. The predicted molar refractivity (Wildman–Crippen MR) is 110 cm³/mol. The van der Waals surface area contributed by atoms with Crippen LogP contribution in [0.3, 0.4) is 0 Å². The summed E-state index contributed by atoms with van der Waals surface area (Å²) in [7, 11) is 0. The molecule has 3 N–H and O–H groups in total. The zero-order chi connectivity index (χ0) is 21.1. The van der Waals surface area contributed by atoms with Gasteiger partial charge in [-0.3, -0.25) is 9.59 Å². The van der Waals surface area contributed by atoms with Crippen LogP contribution in [-0.4, -0.2) is 60.6 Å². The number of ether oxygens (including phenoxy) is 2. The van der Waals surface area contributed by atoms with Crippen LogP contribution in [0, 0.1) is 0 Å². The highest BCUT2D eigenvalue weighted by molar-refractivity contribution is 5.97. The van der Waals surface area contributed by atoms with Crippen LogP contribution in [0.5, 0.6) is 11.5 Å². The highest BCUT2D eigenvalue weighted by Gasteiger charge is 2.45. The highest BCUT2D eigenvalue weighted by atomic mass is 16.6. The summed E-state index contributed by atoms with van der Waals surface area (Å²) < 4.78 is 11.0. The van der Waals surface area contributed by atoms with Gasteiger partial charge in [0.1, 0.15) is 19.3 Å². The molecule has 30 heavy (non-hydrogen) atoms. The van der Waals surface area contributed by atoms with Crippen molar-refractivity contribution in [2.24, 2.45) is 0 Å². The van der Waals surface area contributed by atoms with Crippen molar-refractivity contribution in [2.45, 2.75) is 57.2 Å². The summed E-state index contributed by atoms with van der Waals surface area (Å²) in [6, 6.07) is 3.90. The van der Waals surface area contributed by atoms with Crippen LogP contribution in [0.25, 0.3) is 0 Å². The van der Waals surface area contributed by atoms with Gasteiger partial charge in [-0.05, 0) is 31.9 Å². The first-order valence-electron chi connectivity index (χ1n) is 10.6. The Morgan fingerprint density at radius 3 is 2.73 bits per heavy atom. The second-order valence-electron chi connectivity index (χ2n) is 7.84. The van der Waals surface area contributed by atoms with Crippen molar-refractivity contribution < 1.29 is 23.9 Å². The van der Waals surface area contributed by atoms with Gasteiger partial charge in [0.25, 0.3) is 0 Å². The first kappa shape index (κ1) is 20.3. The van der Waals surface area contributed by atoms with E-state index in [-0.39, 0.29) is 36.3 Å². The first-order valence-corrected chi connectivity index (χ1v) is 10.6. The Balaban J connectivity index is 1.48. The third-order valence-corrected chi connectivity index (χ3v) is 5.82. The lowest BCUT2D eigenvalue weighted by Crippen LogP contribution is -2.69. The summed E-state index contributed by atoms with van der Waals surface area (Å²) in [5, 5.41) is 8.64. The number of nitrogens with one attached hydrogen (secondary N) is 3. The van der Waals surface area contributed by atoms with E-state index < -0.39 is 6.04 Å². The lowest BCUT2D eigenvalue weighted by Gasteiger charge is -2.47. The van der Waals surface area contributed by atoms with Crippen LogP contribution in [0.1, 0.15) is 39.0 Å². The third-order valence-electron chi connectivity index (χ3n) is 5.82. The molecule has 9 heteroatoms. The van der Waals surface area contributed by atoms with E-state index in [0.717, 1.165) is 25.7 Å². The van der Waals surface area contributed by atoms with Crippen molar-refractivity contribution in [2.75, 3.05) is 25.1 Å². The van der Waals surface area contributed by atoms with E-state index in [4.69, 9.17) is 9.47 Å². The van der Waals surface area contributed by atoms with Crippen molar-refractivity contribution in [3.8, 4) is 11.5 Å². The molecule has 0 spiro atoms. The van der Waals surface area contributed by atoms with E-state index in [0.29, 0.717) is 36.9 Å². The van der Waals surface area contributed by atoms with Crippen LogP contribution < -0.4 is 25.4 Å². The molecule has 1 aliphatic carbocycles. The number of fused-ring (bicyclic) bond motifs is 2. The van der Waals surface area contributed by atoms with E-state index in [1.807, 2.05) is 6.92 Å². The van der Waals surface area contributed by atoms with Crippen LogP contribution in [0.15, 0.2) is 18.2 Å². The Morgan fingerprint density at radius 1 is 1.17 bits per heavy atom. The number of hydrogen-bond donors (Lipinski definition) is 3. The molecular weight excluding hydrogens is 388 g/mol. The van der Waals surface area contributed by atoms with Crippen molar-refractivity contribution in [1.82, 2.24) is 15.5 Å². The minimum absolute atomic E-state index is 0.0500. The quantitative estimate of drug-likeness (QED) is 0.691. The summed E-state index contributed by atoms with van der Waals surface area (Å²) in [6.45, 7) is 3.25. The molecule has 1 saturated heterocycles. The molecule has 9 nitrogen and oxygen atoms in total. The Morgan fingerprint density at radius 2 is 1.93 bits per heavy atom. The van der Waals surface area contributed by atoms with E-state index in [9.17, 15) is 14.4 Å². The number of hydrogen-bond acceptors (Lipinski definition) is 5. The molecule has 1 aromatic carbocycles. The lowest BCUT2D eigenvalue weighted by molar-refractivity contribution is -0.135. The maximum atomic E-state index is 12.8. The van der Waals surface area contributed by atoms with Gasteiger partial charge in [-0.25, -0.2) is 4.79 Å². The van der Waals surface area contributed by atoms with E-state index in [2.05, 4.69) is 16.0 Å². The molecule has 3 atom stereocenters. The number of rotatable bonds is 4. The van der Waals surface area contributed by atoms with E-state index in [1.165, 1.54) is 0 Å². The van der Waals surface area contributed by atoms with Gasteiger partial charge in [-0.1, -0.05) is 12.8 Å². The zero-order valence-electron chi connectivity index (χ0n) is 17.1. The Hall–Kier alpha value is -2.97. The predicted octanol–water partition coefficient (Wildman–Crippen LogP) is 1.63. The van der Waals surface area contributed by atoms with Crippen LogP contribution in [0.2, 0.25) is 0 Å². The van der Waals surface area contributed by atoms with Gasteiger partial charge in [0.15, 0.2) is 11.5 Å². The molecule has 1 saturated carbocycles. The molecule has 0 unspecified atom stereocenters. The summed E-state index contributed by atoms with van der Waals surface area (Å²) in [5.41, 5.74) is 0.556. The SMILES string of the molecule is CCNC(=O)N1[C@H](CC(=O)Nc2ccc3c(c2)OCCO3)C(=O)N[C@H]2CCCC[C@@H]21. The number of urea groups is 1. The second-order valence-corrected chi connectivity index (χ2v) is 7.84. The van der Waals surface area contributed by atoms with E-state index >= 15 is 0 Å². The molecule has 162 valence electrons. The molecule has 0 radical (unpaired) electrons. The number of carbonyl (C=O) groups excluding carboxylic acids is 3. The van der Waals surface area contributed by atoms with Crippen molar-refractivity contribution >= 4 is 23.5 Å². The molecule has 0 aromatic heterocycles. The van der Waals surface area contributed by atoms with Gasteiger partial charge in [-0.2, -0.15) is 0 Å². The molecule has 1 aromatic rings. The molecule has 2 fully saturated rings. The van der Waals surface area contributed by atoms with Gasteiger partial charge in [0.2, 0.25) is 11.8 Å². The van der Waals surface area contributed by atoms with Gasteiger partial charge in [0.05, 0.1) is 12.5 Å². The second kappa shape index (κ2) is 8.81. The average molecular weight is 416 g/mol. The third kappa shape index (κ3) is 4.15. The maximum absolute atomic E-state index is 12.8. The fraction of sp³-hybridized carbons (Fsp3) is 0.571. The fourth-order valence-electron chi connectivity index (χ4n) is 4.48. The number of benzene rings is 1. The minimum atomic E-state index is -0.840. The monoisotopic (exact) mass is 416 g/mol. The van der Waals surface area contributed by atoms with Crippen LogP contribution in [0.4, 0.5) is 10.5 Å². The smallest absolute Gasteiger partial charge is 0.318 e. The molecule has 0 bridgehead atoms. The van der Waals surface area contributed by atoms with Crippen LogP contribution >= 0.6 is 0 Å². The molecule has 4 rings (SSSR count). The minimum Gasteiger partial charge on any atom is -0.486 e. The largest absolute Gasteiger partial charge is 0.486 e. The summed E-state index contributed by atoms with van der Waals surface area (Å²) >= 11 is 0. The fourth-order valence-corrected chi connectivity index (χ4v) is 4.48. The average Bonchev–Trinajstić information content (AvgIpc) is 2.74. The summed E-state index contributed by atoms with van der Waals surface area (Å²) in [5.74, 6) is 0.595. The Bertz CT molecular complexity index is 830. The number of carbonyl (C=O) groups is 3. The lowest BCUT2D eigenvalue weighted by atomic mass is 9.85. The zero-order valence-corrected chi connectivity index (χ0v) is 17.1. The van der Waals surface area contributed by atoms with E-state index in [1.54, 1.807) is 23.1 Å². The molecule has 3 aliphatic rings. The van der Waals surface area contributed by atoms with Gasteiger partial charge in [0, 0.05) is 24.3 Å². The normalized spacial score (nSPS) is 25.0. The molecule has 2 aliphatic heterocycles. The molecule has 4 amide bonds. The number of anilines is 1. The van der Waals surface area contributed by atoms with Gasteiger partial charge >= 0.3 is 6.03 Å². The number of nitrogens with zero attached hydrogens (tertiary/aromatic N) is 1.